The number of rotatable bonds is 7. The number of aromatic nitrogens is 3. The van der Waals surface area contributed by atoms with Crippen LogP contribution in [-0.4, -0.2) is 27.7 Å². The molecule has 108 valence electrons. The summed E-state index contributed by atoms with van der Waals surface area (Å²) in [6.07, 6.45) is 6.33. The van der Waals surface area contributed by atoms with Crippen LogP contribution in [0.15, 0.2) is 23.0 Å². The SMILES string of the molecule is CCc1cnccc1-c1noc(CCCNC(C)C)n1. The number of hydrogen-bond acceptors (Lipinski definition) is 5. The molecular weight excluding hydrogens is 252 g/mol. The molecule has 2 aromatic rings. The summed E-state index contributed by atoms with van der Waals surface area (Å²) in [5, 5.41) is 7.45. The average Bonchev–Trinajstić information content (AvgIpc) is 2.92. The molecule has 0 unspecified atom stereocenters. The van der Waals surface area contributed by atoms with Gasteiger partial charge in [-0.25, -0.2) is 0 Å². The first-order chi connectivity index (χ1) is 9.70. The molecule has 0 saturated carbocycles. The maximum absolute atomic E-state index is 5.32. The van der Waals surface area contributed by atoms with Gasteiger partial charge < -0.3 is 9.84 Å². The summed E-state index contributed by atoms with van der Waals surface area (Å²) in [6.45, 7) is 7.34. The molecule has 0 radical (unpaired) electrons. The maximum atomic E-state index is 5.32. The highest BCUT2D eigenvalue weighted by molar-refractivity contribution is 5.58. The minimum Gasteiger partial charge on any atom is -0.339 e. The topological polar surface area (TPSA) is 63.8 Å². The predicted molar refractivity (Wildman–Crippen MR) is 78.4 cm³/mol. The number of aryl methyl sites for hydroxylation is 2. The zero-order valence-electron chi connectivity index (χ0n) is 12.4. The molecule has 2 rings (SSSR count). The van der Waals surface area contributed by atoms with E-state index in [4.69, 9.17) is 4.52 Å². The van der Waals surface area contributed by atoms with Crippen LogP contribution < -0.4 is 5.32 Å². The molecule has 5 nitrogen and oxygen atoms in total. The van der Waals surface area contributed by atoms with Crippen LogP contribution in [0.3, 0.4) is 0 Å². The summed E-state index contributed by atoms with van der Waals surface area (Å²) in [6, 6.07) is 2.45. The lowest BCUT2D eigenvalue weighted by Crippen LogP contribution is -2.23. The highest BCUT2D eigenvalue weighted by Crippen LogP contribution is 2.20. The number of pyridine rings is 1. The lowest BCUT2D eigenvalue weighted by molar-refractivity contribution is 0.374. The molecule has 0 aromatic carbocycles. The van der Waals surface area contributed by atoms with Gasteiger partial charge in [-0.1, -0.05) is 25.9 Å². The molecule has 0 spiro atoms. The summed E-state index contributed by atoms with van der Waals surface area (Å²) >= 11 is 0. The molecule has 20 heavy (non-hydrogen) atoms. The molecule has 0 aliphatic carbocycles. The van der Waals surface area contributed by atoms with Gasteiger partial charge in [-0.15, -0.1) is 0 Å². The van der Waals surface area contributed by atoms with Crippen LogP contribution >= 0.6 is 0 Å². The van der Waals surface area contributed by atoms with Crippen molar-refractivity contribution in [2.24, 2.45) is 0 Å². The highest BCUT2D eigenvalue weighted by atomic mass is 16.5. The van der Waals surface area contributed by atoms with E-state index in [0.29, 0.717) is 17.8 Å². The Morgan fingerprint density at radius 2 is 2.20 bits per heavy atom. The monoisotopic (exact) mass is 274 g/mol. The Balaban J connectivity index is 1.98. The molecule has 2 aromatic heterocycles. The van der Waals surface area contributed by atoms with Crippen molar-refractivity contribution in [3.05, 3.63) is 29.9 Å². The molecule has 2 heterocycles. The van der Waals surface area contributed by atoms with Crippen molar-refractivity contribution < 1.29 is 4.52 Å². The summed E-state index contributed by atoms with van der Waals surface area (Å²) in [5.74, 6) is 1.36. The van der Waals surface area contributed by atoms with E-state index in [0.717, 1.165) is 36.9 Å². The predicted octanol–water partition coefficient (Wildman–Crippen LogP) is 2.62. The highest BCUT2D eigenvalue weighted by Gasteiger charge is 2.11. The van der Waals surface area contributed by atoms with Gasteiger partial charge in [-0.3, -0.25) is 4.98 Å². The van der Waals surface area contributed by atoms with Crippen LogP contribution in [0.25, 0.3) is 11.4 Å². The summed E-state index contributed by atoms with van der Waals surface area (Å²) in [5.41, 5.74) is 2.15. The van der Waals surface area contributed by atoms with Crippen LogP contribution in [0, 0.1) is 0 Å². The third-order valence-electron chi connectivity index (χ3n) is 3.11. The Morgan fingerprint density at radius 3 is 2.95 bits per heavy atom. The fraction of sp³-hybridized carbons (Fsp3) is 0.533. The Labute approximate surface area is 119 Å². The van der Waals surface area contributed by atoms with Crippen LogP contribution in [0.4, 0.5) is 0 Å². The van der Waals surface area contributed by atoms with Gasteiger partial charge in [0.05, 0.1) is 0 Å². The summed E-state index contributed by atoms with van der Waals surface area (Å²) in [7, 11) is 0. The van der Waals surface area contributed by atoms with Crippen molar-refractivity contribution in [3.63, 3.8) is 0 Å². The molecule has 0 bridgehead atoms. The van der Waals surface area contributed by atoms with Gasteiger partial charge in [0.1, 0.15) is 0 Å². The summed E-state index contributed by atoms with van der Waals surface area (Å²) < 4.78 is 5.32. The first-order valence-corrected chi connectivity index (χ1v) is 7.20. The van der Waals surface area contributed by atoms with E-state index in [9.17, 15) is 0 Å². The van der Waals surface area contributed by atoms with Crippen molar-refractivity contribution >= 4 is 0 Å². The third kappa shape index (κ3) is 3.87. The number of nitrogens with one attached hydrogen (secondary N) is 1. The molecule has 0 aliphatic heterocycles. The number of nitrogens with zero attached hydrogens (tertiary/aromatic N) is 3. The van der Waals surface area contributed by atoms with E-state index in [1.165, 1.54) is 0 Å². The largest absolute Gasteiger partial charge is 0.339 e. The second kappa shape index (κ2) is 7.14. The van der Waals surface area contributed by atoms with E-state index in [1.54, 1.807) is 6.20 Å². The van der Waals surface area contributed by atoms with E-state index < -0.39 is 0 Å². The van der Waals surface area contributed by atoms with E-state index in [-0.39, 0.29) is 0 Å². The molecule has 0 amide bonds. The van der Waals surface area contributed by atoms with Crippen LogP contribution in [0.5, 0.6) is 0 Å². The minimum atomic E-state index is 0.511. The fourth-order valence-corrected chi connectivity index (χ4v) is 2.02. The van der Waals surface area contributed by atoms with Crippen LogP contribution in [0.2, 0.25) is 0 Å². The molecule has 0 saturated heterocycles. The van der Waals surface area contributed by atoms with Crippen molar-refractivity contribution in [1.82, 2.24) is 20.4 Å². The maximum Gasteiger partial charge on any atom is 0.227 e. The lowest BCUT2D eigenvalue weighted by Gasteiger charge is -2.05. The first-order valence-electron chi connectivity index (χ1n) is 7.20. The first kappa shape index (κ1) is 14.7. The molecule has 5 heteroatoms. The van der Waals surface area contributed by atoms with Gasteiger partial charge >= 0.3 is 0 Å². The van der Waals surface area contributed by atoms with Crippen molar-refractivity contribution in [2.75, 3.05) is 6.54 Å². The van der Waals surface area contributed by atoms with E-state index in [2.05, 4.69) is 41.2 Å². The van der Waals surface area contributed by atoms with Gasteiger partial charge in [-0.2, -0.15) is 4.98 Å². The Morgan fingerprint density at radius 1 is 1.35 bits per heavy atom. The van der Waals surface area contributed by atoms with Gasteiger partial charge in [0.25, 0.3) is 0 Å². The smallest absolute Gasteiger partial charge is 0.227 e. The second-order valence-corrected chi connectivity index (χ2v) is 5.11. The Hall–Kier alpha value is -1.75. The summed E-state index contributed by atoms with van der Waals surface area (Å²) in [4.78, 5) is 8.60. The van der Waals surface area contributed by atoms with E-state index >= 15 is 0 Å². The van der Waals surface area contributed by atoms with Crippen molar-refractivity contribution in [3.8, 4) is 11.4 Å². The average molecular weight is 274 g/mol. The van der Waals surface area contributed by atoms with Gasteiger partial charge in [-0.05, 0) is 31.0 Å². The van der Waals surface area contributed by atoms with Gasteiger partial charge in [0, 0.05) is 30.4 Å². The quantitative estimate of drug-likeness (QED) is 0.786. The van der Waals surface area contributed by atoms with Crippen LogP contribution in [-0.2, 0) is 12.8 Å². The zero-order valence-corrected chi connectivity index (χ0v) is 12.4. The lowest BCUT2D eigenvalue weighted by atomic mass is 10.1. The molecule has 1 N–H and O–H groups in total. The molecule has 0 atom stereocenters. The second-order valence-electron chi connectivity index (χ2n) is 5.11. The van der Waals surface area contributed by atoms with Crippen molar-refractivity contribution in [2.45, 2.75) is 46.1 Å². The molecular formula is C15H22N4O. The number of hydrogen-bond donors (Lipinski definition) is 1. The molecule has 0 fully saturated rings. The van der Waals surface area contributed by atoms with Crippen LogP contribution in [0.1, 0.15) is 38.6 Å². The fourth-order valence-electron chi connectivity index (χ4n) is 2.02. The van der Waals surface area contributed by atoms with Gasteiger partial charge in [0.2, 0.25) is 11.7 Å². The zero-order chi connectivity index (χ0) is 14.4. The standard InChI is InChI=1S/C15H22N4O/c1-4-12-10-16-9-7-13(12)15-18-14(20-19-15)6-5-8-17-11(2)3/h7,9-11,17H,4-6,8H2,1-3H3. The third-order valence-corrected chi connectivity index (χ3v) is 3.11. The van der Waals surface area contributed by atoms with Gasteiger partial charge in [0.15, 0.2) is 0 Å². The Bertz CT molecular complexity index is 536. The normalized spacial score (nSPS) is 11.2. The Kier molecular flexibility index (Phi) is 5.24. The minimum absolute atomic E-state index is 0.511. The van der Waals surface area contributed by atoms with E-state index in [1.807, 2.05) is 12.3 Å². The van der Waals surface area contributed by atoms with Crippen molar-refractivity contribution in [1.29, 1.82) is 0 Å². The molecule has 0 aliphatic rings.